The predicted molar refractivity (Wildman–Crippen MR) is 114 cm³/mol. The maximum atomic E-state index is 12.2. The quantitative estimate of drug-likeness (QED) is 0.269. The van der Waals surface area contributed by atoms with E-state index in [0.29, 0.717) is 11.3 Å². The summed E-state index contributed by atoms with van der Waals surface area (Å²) in [6.45, 7) is 1.85. The van der Waals surface area contributed by atoms with E-state index in [2.05, 4.69) is 21.6 Å². The van der Waals surface area contributed by atoms with Crippen molar-refractivity contribution in [2.45, 2.75) is 17.0 Å². The van der Waals surface area contributed by atoms with Crippen LogP contribution in [0.1, 0.15) is 27.4 Å². The van der Waals surface area contributed by atoms with Gasteiger partial charge in [0.05, 0.1) is 16.4 Å². The van der Waals surface area contributed by atoms with Crippen LogP contribution in [-0.4, -0.2) is 17.1 Å². The Morgan fingerprint density at radius 1 is 1.18 bits per heavy atom. The van der Waals surface area contributed by atoms with E-state index in [1.807, 2.05) is 43.3 Å². The zero-order valence-corrected chi connectivity index (χ0v) is 16.7. The van der Waals surface area contributed by atoms with E-state index < -0.39 is 0 Å². The van der Waals surface area contributed by atoms with E-state index in [1.165, 1.54) is 10.9 Å². The van der Waals surface area contributed by atoms with Crippen molar-refractivity contribution in [2.75, 3.05) is 0 Å². The molecule has 140 valence electrons. The van der Waals surface area contributed by atoms with Gasteiger partial charge in [-0.25, -0.2) is 10.4 Å². The summed E-state index contributed by atoms with van der Waals surface area (Å²) in [5, 5.41) is 3.92. The number of hydrazone groups is 1. The molecule has 0 spiro atoms. The minimum atomic E-state index is -0.259. The van der Waals surface area contributed by atoms with Crippen LogP contribution < -0.4 is 5.43 Å². The highest BCUT2D eigenvalue weighted by atomic mass is 32.2. The second-order valence-electron chi connectivity index (χ2n) is 6.08. The topological polar surface area (TPSA) is 67.5 Å². The Balaban J connectivity index is 1.32. The average Bonchev–Trinajstić information content (AvgIpc) is 3.32. The van der Waals surface area contributed by atoms with Crippen LogP contribution in [0.15, 0.2) is 74.5 Å². The number of hydrogen-bond donors (Lipinski definition) is 1. The number of aromatic nitrogens is 1. The number of thiazole rings is 1. The van der Waals surface area contributed by atoms with Gasteiger partial charge in [0.25, 0.3) is 5.91 Å². The highest BCUT2D eigenvalue weighted by Crippen LogP contribution is 2.31. The van der Waals surface area contributed by atoms with E-state index in [0.717, 1.165) is 26.9 Å². The van der Waals surface area contributed by atoms with Gasteiger partial charge in [-0.1, -0.05) is 36.0 Å². The fraction of sp³-hybridized carbons (Fsp3) is 0.0952. The number of fused-ring (bicyclic) bond motifs is 1. The number of nitrogens with zero attached hydrogens (tertiary/aromatic N) is 2. The molecule has 0 saturated carbocycles. The Kier molecular flexibility index (Phi) is 5.55. The van der Waals surface area contributed by atoms with Crippen LogP contribution in [-0.2, 0) is 5.75 Å². The van der Waals surface area contributed by atoms with Gasteiger partial charge in [-0.05, 0) is 48.9 Å². The van der Waals surface area contributed by atoms with Gasteiger partial charge >= 0.3 is 0 Å². The van der Waals surface area contributed by atoms with Crippen molar-refractivity contribution in [3.05, 3.63) is 83.3 Å². The number of para-hydroxylation sites is 1. The van der Waals surface area contributed by atoms with E-state index in [1.54, 1.807) is 41.3 Å². The third kappa shape index (κ3) is 4.49. The highest BCUT2D eigenvalue weighted by molar-refractivity contribution is 8.00. The summed E-state index contributed by atoms with van der Waals surface area (Å²) in [4.78, 5) is 16.8. The summed E-state index contributed by atoms with van der Waals surface area (Å²) < 4.78 is 7.61. The molecule has 0 aliphatic heterocycles. The Labute approximate surface area is 170 Å². The Morgan fingerprint density at radius 2 is 2.00 bits per heavy atom. The van der Waals surface area contributed by atoms with Gasteiger partial charge in [-0.3, -0.25) is 4.79 Å². The fourth-order valence-corrected chi connectivity index (χ4v) is 4.58. The van der Waals surface area contributed by atoms with E-state index in [4.69, 9.17) is 4.42 Å². The number of nitrogens with one attached hydrogen (secondary N) is 1. The zero-order chi connectivity index (χ0) is 19.3. The molecule has 0 radical (unpaired) electrons. The summed E-state index contributed by atoms with van der Waals surface area (Å²) >= 11 is 3.40. The lowest BCUT2D eigenvalue weighted by Gasteiger charge is -2.02. The van der Waals surface area contributed by atoms with Gasteiger partial charge in [0, 0.05) is 11.3 Å². The minimum Gasteiger partial charge on any atom is -0.460 e. The predicted octanol–water partition coefficient (Wildman–Crippen LogP) is 5.25. The number of rotatable bonds is 6. The number of furan rings is 1. The number of carbonyl (C=O) groups excluding carboxylic acids is 1. The van der Waals surface area contributed by atoms with E-state index in [-0.39, 0.29) is 5.91 Å². The summed E-state index contributed by atoms with van der Waals surface area (Å²) in [6.07, 6.45) is 1.48. The lowest BCUT2D eigenvalue weighted by atomic mass is 10.1. The SMILES string of the molecule is Cc1ccc(/C=N/NC(=O)c2ccc(CSc3nc4ccccc4s3)cc2)o1. The molecule has 0 atom stereocenters. The molecule has 0 unspecified atom stereocenters. The molecule has 5 nitrogen and oxygen atoms in total. The van der Waals surface area contributed by atoms with Crippen molar-refractivity contribution in [1.82, 2.24) is 10.4 Å². The van der Waals surface area contributed by atoms with Crippen LogP contribution >= 0.6 is 23.1 Å². The third-order valence-corrected chi connectivity index (χ3v) is 6.22. The van der Waals surface area contributed by atoms with E-state index >= 15 is 0 Å². The number of hydrogen-bond acceptors (Lipinski definition) is 6. The minimum absolute atomic E-state index is 0.259. The van der Waals surface area contributed by atoms with Crippen LogP contribution in [0.5, 0.6) is 0 Å². The molecule has 0 aliphatic rings. The van der Waals surface area contributed by atoms with Crippen molar-refractivity contribution in [3.8, 4) is 0 Å². The first-order valence-corrected chi connectivity index (χ1v) is 10.4. The smallest absolute Gasteiger partial charge is 0.271 e. The summed E-state index contributed by atoms with van der Waals surface area (Å²) in [5.41, 5.74) is 5.23. The maximum Gasteiger partial charge on any atom is 0.271 e. The molecular formula is C21H17N3O2S2. The van der Waals surface area contributed by atoms with Gasteiger partial charge in [0.1, 0.15) is 11.5 Å². The van der Waals surface area contributed by atoms with Gasteiger partial charge in [0.2, 0.25) is 0 Å². The van der Waals surface area contributed by atoms with Crippen molar-refractivity contribution < 1.29 is 9.21 Å². The van der Waals surface area contributed by atoms with Crippen LogP contribution in [0.4, 0.5) is 0 Å². The molecule has 0 fully saturated rings. The number of thioether (sulfide) groups is 1. The lowest BCUT2D eigenvalue weighted by molar-refractivity contribution is 0.0955. The molecule has 2 heterocycles. The first-order chi connectivity index (χ1) is 13.7. The number of carbonyl (C=O) groups is 1. The molecule has 4 rings (SSSR count). The molecule has 28 heavy (non-hydrogen) atoms. The molecule has 0 aliphatic carbocycles. The Morgan fingerprint density at radius 3 is 2.75 bits per heavy atom. The molecule has 4 aromatic rings. The number of benzene rings is 2. The van der Waals surface area contributed by atoms with Crippen molar-refractivity contribution in [2.24, 2.45) is 5.10 Å². The van der Waals surface area contributed by atoms with Gasteiger partial charge in [-0.2, -0.15) is 5.10 Å². The average molecular weight is 408 g/mol. The monoisotopic (exact) mass is 407 g/mol. The summed E-state index contributed by atoms with van der Waals surface area (Å²) in [6, 6.07) is 19.3. The highest BCUT2D eigenvalue weighted by Gasteiger charge is 2.07. The van der Waals surface area contributed by atoms with Crippen LogP contribution in [0.25, 0.3) is 10.2 Å². The standard InChI is InChI=1S/C21H17N3O2S2/c1-14-6-11-17(26-14)12-22-24-20(25)16-9-7-15(8-10-16)13-27-21-23-18-4-2-3-5-19(18)28-21/h2-12H,13H2,1H3,(H,24,25)/b22-12+. The van der Waals surface area contributed by atoms with Gasteiger partial charge < -0.3 is 4.42 Å². The first-order valence-electron chi connectivity index (χ1n) is 8.64. The van der Waals surface area contributed by atoms with Crippen LogP contribution in [0.3, 0.4) is 0 Å². The van der Waals surface area contributed by atoms with Gasteiger partial charge in [-0.15, -0.1) is 11.3 Å². The second-order valence-corrected chi connectivity index (χ2v) is 8.33. The zero-order valence-electron chi connectivity index (χ0n) is 15.1. The van der Waals surface area contributed by atoms with Crippen molar-refractivity contribution in [1.29, 1.82) is 0 Å². The molecule has 0 saturated heterocycles. The summed E-state index contributed by atoms with van der Waals surface area (Å²) in [7, 11) is 0. The molecule has 2 aromatic carbocycles. The van der Waals surface area contributed by atoms with Crippen LogP contribution in [0.2, 0.25) is 0 Å². The van der Waals surface area contributed by atoms with E-state index in [9.17, 15) is 4.79 Å². The third-order valence-electron chi connectivity index (χ3n) is 3.97. The molecule has 0 bridgehead atoms. The Hall–Kier alpha value is -2.90. The lowest BCUT2D eigenvalue weighted by Crippen LogP contribution is -2.17. The largest absolute Gasteiger partial charge is 0.460 e. The molecule has 7 heteroatoms. The maximum absolute atomic E-state index is 12.2. The molecule has 1 amide bonds. The fourth-order valence-electron chi connectivity index (χ4n) is 2.55. The number of amides is 1. The molecule has 2 aromatic heterocycles. The normalized spacial score (nSPS) is 11.3. The van der Waals surface area contributed by atoms with Crippen LogP contribution in [0, 0.1) is 6.92 Å². The first kappa shape index (κ1) is 18.5. The number of aryl methyl sites for hydroxylation is 1. The summed E-state index contributed by atoms with van der Waals surface area (Å²) in [5.74, 6) is 1.94. The van der Waals surface area contributed by atoms with Gasteiger partial charge in [0.15, 0.2) is 4.34 Å². The molecule has 1 N–H and O–H groups in total. The van der Waals surface area contributed by atoms with Crippen molar-refractivity contribution in [3.63, 3.8) is 0 Å². The van der Waals surface area contributed by atoms with Crippen molar-refractivity contribution >= 4 is 45.4 Å². The molecular weight excluding hydrogens is 390 g/mol. The Bertz CT molecular complexity index is 1100. The second kappa shape index (κ2) is 8.41.